The van der Waals surface area contributed by atoms with Crippen LogP contribution in [0.3, 0.4) is 0 Å². The summed E-state index contributed by atoms with van der Waals surface area (Å²) in [5.74, 6) is -2.55. The summed E-state index contributed by atoms with van der Waals surface area (Å²) in [4.78, 5) is 23.7. The van der Waals surface area contributed by atoms with Gasteiger partial charge in [0, 0.05) is 4.88 Å². The SMILES string of the molecule is O=C(O)CC(NC(=O)c1c(F)cccc1Cl)c1cccs1. The highest BCUT2D eigenvalue weighted by molar-refractivity contribution is 7.10. The number of hydrogen-bond donors (Lipinski definition) is 2. The topological polar surface area (TPSA) is 66.4 Å². The molecular formula is C14H11ClFNO3S. The van der Waals surface area contributed by atoms with Crippen molar-refractivity contribution in [2.24, 2.45) is 0 Å². The fourth-order valence-electron chi connectivity index (χ4n) is 1.83. The molecular weight excluding hydrogens is 317 g/mol. The third kappa shape index (κ3) is 3.80. The highest BCUT2D eigenvalue weighted by Crippen LogP contribution is 2.24. The van der Waals surface area contributed by atoms with E-state index in [2.05, 4.69) is 5.32 Å². The van der Waals surface area contributed by atoms with Crippen molar-refractivity contribution < 1.29 is 19.1 Å². The van der Waals surface area contributed by atoms with Gasteiger partial charge in [-0.05, 0) is 23.6 Å². The van der Waals surface area contributed by atoms with E-state index in [9.17, 15) is 14.0 Å². The number of benzene rings is 1. The van der Waals surface area contributed by atoms with E-state index < -0.39 is 23.7 Å². The van der Waals surface area contributed by atoms with Crippen LogP contribution in [0.4, 0.5) is 4.39 Å². The molecule has 0 saturated carbocycles. The lowest BCUT2D eigenvalue weighted by molar-refractivity contribution is -0.137. The van der Waals surface area contributed by atoms with E-state index in [1.54, 1.807) is 17.5 Å². The van der Waals surface area contributed by atoms with Crippen LogP contribution in [0.15, 0.2) is 35.7 Å². The average molecular weight is 328 g/mol. The number of halogens is 2. The van der Waals surface area contributed by atoms with Gasteiger partial charge in [-0.25, -0.2) is 4.39 Å². The van der Waals surface area contributed by atoms with E-state index in [1.807, 2.05) is 0 Å². The van der Waals surface area contributed by atoms with Crippen LogP contribution in [0.1, 0.15) is 27.7 Å². The lowest BCUT2D eigenvalue weighted by Gasteiger charge is -2.16. The molecule has 2 rings (SSSR count). The van der Waals surface area contributed by atoms with Crippen molar-refractivity contribution in [1.29, 1.82) is 0 Å². The predicted octanol–water partition coefficient (Wildman–Crippen LogP) is 3.49. The molecule has 0 spiro atoms. The highest BCUT2D eigenvalue weighted by Gasteiger charge is 2.22. The molecule has 2 N–H and O–H groups in total. The Morgan fingerprint density at radius 3 is 2.67 bits per heavy atom. The summed E-state index contributed by atoms with van der Waals surface area (Å²) in [6, 6.07) is 6.64. The Morgan fingerprint density at radius 2 is 2.10 bits per heavy atom. The molecule has 1 aromatic heterocycles. The zero-order valence-electron chi connectivity index (χ0n) is 10.7. The van der Waals surface area contributed by atoms with Crippen LogP contribution in [0.25, 0.3) is 0 Å². The second-order valence-corrected chi connectivity index (χ2v) is 5.62. The minimum Gasteiger partial charge on any atom is -0.481 e. The lowest BCUT2D eigenvalue weighted by atomic mass is 10.1. The Hall–Kier alpha value is -1.92. The van der Waals surface area contributed by atoms with Gasteiger partial charge in [-0.1, -0.05) is 23.7 Å². The molecule has 1 heterocycles. The normalized spacial score (nSPS) is 11.9. The smallest absolute Gasteiger partial charge is 0.305 e. The third-order valence-electron chi connectivity index (χ3n) is 2.76. The van der Waals surface area contributed by atoms with Crippen molar-refractivity contribution in [3.63, 3.8) is 0 Å². The highest BCUT2D eigenvalue weighted by atomic mass is 35.5. The van der Waals surface area contributed by atoms with Crippen molar-refractivity contribution in [1.82, 2.24) is 5.32 Å². The van der Waals surface area contributed by atoms with Crippen LogP contribution in [0.2, 0.25) is 5.02 Å². The molecule has 1 aromatic carbocycles. The van der Waals surface area contributed by atoms with Crippen LogP contribution in [-0.4, -0.2) is 17.0 Å². The molecule has 4 nitrogen and oxygen atoms in total. The van der Waals surface area contributed by atoms with Crippen LogP contribution in [0.5, 0.6) is 0 Å². The number of amides is 1. The standard InChI is InChI=1S/C14H11ClFNO3S/c15-8-3-1-4-9(16)13(8)14(20)17-10(7-12(18)19)11-5-2-6-21-11/h1-6,10H,7H2,(H,17,20)(H,18,19). The minimum absolute atomic E-state index is 0.0206. The van der Waals surface area contributed by atoms with Gasteiger partial charge in [0.1, 0.15) is 5.82 Å². The molecule has 110 valence electrons. The molecule has 0 bridgehead atoms. The van der Waals surface area contributed by atoms with Crippen LogP contribution < -0.4 is 5.32 Å². The van der Waals surface area contributed by atoms with Gasteiger partial charge in [0.25, 0.3) is 5.91 Å². The first kappa shape index (κ1) is 15.5. The lowest BCUT2D eigenvalue weighted by Crippen LogP contribution is -2.30. The Kier molecular flexibility index (Phi) is 4.93. The first-order valence-corrected chi connectivity index (χ1v) is 7.25. The Balaban J connectivity index is 2.24. The Morgan fingerprint density at radius 1 is 1.33 bits per heavy atom. The number of carboxylic acid groups (broad SMARTS) is 1. The van der Waals surface area contributed by atoms with Crippen LogP contribution >= 0.6 is 22.9 Å². The number of aliphatic carboxylic acids is 1. The van der Waals surface area contributed by atoms with Gasteiger partial charge in [0.2, 0.25) is 0 Å². The van der Waals surface area contributed by atoms with Crippen molar-refractivity contribution >= 4 is 34.8 Å². The Bertz CT molecular complexity index is 640. The molecule has 0 radical (unpaired) electrons. The number of hydrogen-bond acceptors (Lipinski definition) is 3. The number of thiophene rings is 1. The van der Waals surface area contributed by atoms with Crippen LogP contribution in [-0.2, 0) is 4.79 Å². The molecule has 0 saturated heterocycles. The summed E-state index contributed by atoms with van der Waals surface area (Å²) in [6.45, 7) is 0. The quantitative estimate of drug-likeness (QED) is 0.883. The monoisotopic (exact) mass is 327 g/mol. The van der Waals surface area contributed by atoms with Crippen LogP contribution in [0, 0.1) is 5.82 Å². The van der Waals surface area contributed by atoms with Crippen molar-refractivity contribution in [2.75, 3.05) is 0 Å². The van der Waals surface area contributed by atoms with Crippen molar-refractivity contribution in [3.05, 3.63) is 57.0 Å². The second kappa shape index (κ2) is 6.69. The summed E-state index contributed by atoms with van der Waals surface area (Å²) in [6.07, 6.45) is -0.293. The number of rotatable bonds is 5. The van der Waals surface area contributed by atoms with E-state index in [0.29, 0.717) is 4.88 Å². The zero-order chi connectivity index (χ0) is 15.4. The minimum atomic E-state index is -1.06. The fraction of sp³-hybridized carbons (Fsp3) is 0.143. The summed E-state index contributed by atoms with van der Waals surface area (Å²) in [5, 5.41) is 13.2. The summed E-state index contributed by atoms with van der Waals surface area (Å²) in [5.41, 5.74) is -0.286. The van der Waals surface area contributed by atoms with E-state index in [1.165, 1.54) is 23.5 Å². The van der Waals surface area contributed by atoms with Gasteiger partial charge < -0.3 is 10.4 Å². The summed E-state index contributed by atoms with van der Waals surface area (Å²) < 4.78 is 13.7. The van der Waals surface area contributed by atoms with Crippen molar-refractivity contribution in [2.45, 2.75) is 12.5 Å². The van der Waals surface area contributed by atoms with Crippen molar-refractivity contribution in [3.8, 4) is 0 Å². The first-order chi connectivity index (χ1) is 9.99. The average Bonchev–Trinajstić information content (AvgIpc) is 2.90. The molecule has 2 aromatic rings. The van der Waals surface area contributed by atoms with E-state index in [-0.39, 0.29) is 17.0 Å². The predicted molar refractivity (Wildman–Crippen MR) is 78.2 cm³/mol. The second-order valence-electron chi connectivity index (χ2n) is 4.24. The fourth-order valence-corrected chi connectivity index (χ4v) is 2.86. The molecule has 1 amide bonds. The summed E-state index contributed by atoms with van der Waals surface area (Å²) >= 11 is 7.14. The number of nitrogens with one attached hydrogen (secondary N) is 1. The van der Waals surface area contributed by atoms with E-state index in [4.69, 9.17) is 16.7 Å². The van der Waals surface area contributed by atoms with E-state index in [0.717, 1.165) is 6.07 Å². The molecule has 0 fully saturated rings. The number of carboxylic acids is 1. The molecule has 0 aliphatic rings. The van der Waals surface area contributed by atoms with Gasteiger partial charge in [-0.3, -0.25) is 9.59 Å². The summed E-state index contributed by atoms with van der Waals surface area (Å²) in [7, 11) is 0. The van der Waals surface area contributed by atoms with E-state index >= 15 is 0 Å². The maximum Gasteiger partial charge on any atom is 0.305 e. The zero-order valence-corrected chi connectivity index (χ0v) is 12.2. The van der Waals surface area contributed by atoms with Gasteiger partial charge >= 0.3 is 5.97 Å². The van der Waals surface area contributed by atoms with Gasteiger partial charge in [0.05, 0.1) is 23.0 Å². The number of carbonyl (C=O) groups is 2. The van der Waals surface area contributed by atoms with Gasteiger partial charge in [-0.15, -0.1) is 11.3 Å². The maximum atomic E-state index is 13.7. The molecule has 1 atom stereocenters. The first-order valence-electron chi connectivity index (χ1n) is 5.99. The van der Waals surface area contributed by atoms with Gasteiger partial charge in [0.15, 0.2) is 0 Å². The maximum absolute atomic E-state index is 13.7. The molecule has 1 unspecified atom stereocenters. The van der Waals surface area contributed by atoms with Gasteiger partial charge in [-0.2, -0.15) is 0 Å². The third-order valence-corrected chi connectivity index (χ3v) is 4.06. The number of carbonyl (C=O) groups excluding carboxylic acids is 1. The molecule has 0 aliphatic carbocycles. The molecule has 21 heavy (non-hydrogen) atoms. The molecule has 0 aliphatic heterocycles. The largest absolute Gasteiger partial charge is 0.481 e. The Labute approximate surface area is 129 Å². The molecule has 7 heteroatoms.